The Morgan fingerprint density at radius 3 is 2.75 bits per heavy atom. The van der Waals surface area contributed by atoms with Gasteiger partial charge in [-0.15, -0.1) is 0 Å². The first kappa shape index (κ1) is 16.1. The SMILES string of the molecule is CNC(=O)C(C)(C)CNC1CCOC2(CCSCC2)C1. The molecule has 1 atom stereocenters. The summed E-state index contributed by atoms with van der Waals surface area (Å²) in [6, 6.07) is 0.482. The number of amides is 1. The van der Waals surface area contributed by atoms with Gasteiger partial charge in [0, 0.05) is 26.2 Å². The van der Waals surface area contributed by atoms with Crippen LogP contribution in [0.15, 0.2) is 0 Å². The molecule has 2 fully saturated rings. The summed E-state index contributed by atoms with van der Waals surface area (Å²) in [6.45, 7) is 5.56. The van der Waals surface area contributed by atoms with Crippen LogP contribution in [0, 0.1) is 5.41 Å². The van der Waals surface area contributed by atoms with Gasteiger partial charge in [0.25, 0.3) is 0 Å². The van der Waals surface area contributed by atoms with Gasteiger partial charge in [-0.3, -0.25) is 4.79 Å². The number of ether oxygens (including phenoxy) is 1. The summed E-state index contributed by atoms with van der Waals surface area (Å²) >= 11 is 2.03. The molecule has 2 heterocycles. The third kappa shape index (κ3) is 3.89. The molecule has 2 saturated heterocycles. The standard InChI is InChI=1S/C15H28N2O2S/c1-14(2,13(18)16-3)11-17-12-4-7-19-15(10-12)5-8-20-9-6-15/h12,17H,4-11H2,1-3H3,(H,16,18). The summed E-state index contributed by atoms with van der Waals surface area (Å²) < 4.78 is 6.10. The molecule has 0 saturated carbocycles. The molecule has 1 amide bonds. The van der Waals surface area contributed by atoms with Crippen molar-refractivity contribution in [3.63, 3.8) is 0 Å². The number of hydrogen-bond donors (Lipinski definition) is 2. The lowest BCUT2D eigenvalue weighted by molar-refractivity contribution is -0.129. The van der Waals surface area contributed by atoms with E-state index in [1.54, 1.807) is 7.05 Å². The lowest BCUT2D eigenvalue weighted by Gasteiger charge is -2.44. The van der Waals surface area contributed by atoms with Gasteiger partial charge in [-0.1, -0.05) is 0 Å². The lowest BCUT2D eigenvalue weighted by atomic mass is 9.84. The van der Waals surface area contributed by atoms with Crippen LogP contribution in [-0.2, 0) is 9.53 Å². The van der Waals surface area contributed by atoms with Crippen molar-refractivity contribution in [3.8, 4) is 0 Å². The topological polar surface area (TPSA) is 50.4 Å². The van der Waals surface area contributed by atoms with Crippen LogP contribution in [-0.4, -0.2) is 49.3 Å². The van der Waals surface area contributed by atoms with E-state index >= 15 is 0 Å². The van der Waals surface area contributed by atoms with Crippen molar-refractivity contribution in [1.29, 1.82) is 0 Å². The van der Waals surface area contributed by atoms with Gasteiger partial charge < -0.3 is 15.4 Å². The van der Waals surface area contributed by atoms with E-state index in [9.17, 15) is 4.79 Å². The van der Waals surface area contributed by atoms with Gasteiger partial charge in [0.1, 0.15) is 0 Å². The highest BCUT2D eigenvalue weighted by Gasteiger charge is 2.39. The quantitative estimate of drug-likeness (QED) is 0.831. The molecule has 2 rings (SSSR count). The molecule has 2 N–H and O–H groups in total. The summed E-state index contributed by atoms with van der Waals surface area (Å²) in [7, 11) is 1.70. The van der Waals surface area contributed by atoms with Crippen molar-refractivity contribution < 1.29 is 9.53 Å². The van der Waals surface area contributed by atoms with E-state index in [0.29, 0.717) is 6.04 Å². The van der Waals surface area contributed by atoms with Gasteiger partial charge in [0.15, 0.2) is 0 Å². The van der Waals surface area contributed by atoms with E-state index in [1.807, 2.05) is 25.6 Å². The zero-order valence-electron chi connectivity index (χ0n) is 13.0. The van der Waals surface area contributed by atoms with Crippen molar-refractivity contribution in [3.05, 3.63) is 0 Å². The maximum atomic E-state index is 11.8. The molecule has 0 radical (unpaired) electrons. The summed E-state index contributed by atoms with van der Waals surface area (Å²) in [4.78, 5) is 11.8. The molecule has 0 bridgehead atoms. The molecule has 0 aliphatic carbocycles. The van der Waals surface area contributed by atoms with Crippen LogP contribution in [0.1, 0.15) is 39.5 Å². The zero-order chi connectivity index (χ0) is 14.6. The average Bonchev–Trinajstić information content (AvgIpc) is 2.45. The van der Waals surface area contributed by atoms with Crippen molar-refractivity contribution in [2.45, 2.75) is 51.2 Å². The van der Waals surface area contributed by atoms with Crippen molar-refractivity contribution >= 4 is 17.7 Å². The first-order valence-corrected chi connectivity index (χ1v) is 8.80. The maximum Gasteiger partial charge on any atom is 0.226 e. The second-order valence-corrected chi connectivity index (χ2v) is 7.90. The zero-order valence-corrected chi connectivity index (χ0v) is 13.8. The van der Waals surface area contributed by atoms with Crippen LogP contribution in [0.5, 0.6) is 0 Å². The summed E-state index contributed by atoms with van der Waals surface area (Å²) in [6.07, 6.45) is 4.50. The molecule has 20 heavy (non-hydrogen) atoms. The Kier molecular flexibility index (Phi) is 5.37. The predicted octanol–water partition coefficient (Wildman–Crippen LogP) is 1.79. The molecule has 2 aliphatic rings. The van der Waals surface area contributed by atoms with Gasteiger partial charge in [0.2, 0.25) is 5.91 Å². The minimum Gasteiger partial charge on any atom is -0.375 e. The first-order chi connectivity index (χ1) is 9.47. The normalized spacial score (nSPS) is 26.4. The molecule has 116 valence electrons. The highest BCUT2D eigenvalue weighted by molar-refractivity contribution is 7.99. The Morgan fingerprint density at radius 1 is 1.40 bits per heavy atom. The third-order valence-corrected chi connectivity index (χ3v) is 5.56. The monoisotopic (exact) mass is 300 g/mol. The van der Waals surface area contributed by atoms with E-state index in [2.05, 4.69) is 10.6 Å². The largest absolute Gasteiger partial charge is 0.375 e. The number of carbonyl (C=O) groups excluding carboxylic acids is 1. The van der Waals surface area contributed by atoms with Gasteiger partial charge in [-0.25, -0.2) is 0 Å². The van der Waals surface area contributed by atoms with E-state index < -0.39 is 0 Å². The fraction of sp³-hybridized carbons (Fsp3) is 0.933. The summed E-state index contributed by atoms with van der Waals surface area (Å²) in [5, 5.41) is 6.34. The molecule has 0 aromatic heterocycles. The molecule has 1 unspecified atom stereocenters. The molecule has 0 aromatic rings. The Labute approximate surface area is 126 Å². The Balaban J connectivity index is 1.85. The molecule has 5 heteroatoms. The number of hydrogen-bond acceptors (Lipinski definition) is 4. The summed E-state index contributed by atoms with van der Waals surface area (Å²) in [5.74, 6) is 2.54. The van der Waals surface area contributed by atoms with Crippen molar-refractivity contribution in [2.75, 3.05) is 31.7 Å². The fourth-order valence-corrected chi connectivity index (χ4v) is 4.35. The predicted molar refractivity (Wildman–Crippen MR) is 84.1 cm³/mol. The average molecular weight is 300 g/mol. The molecule has 1 spiro atoms. The van der Waals surface area contributed by atoms with Crippen molar-refractivity contribution in [1.82, 2.24) is 10.6 Å². The second-order valence-electron chi connectivity index (χ2n) is 6.68. The lowest BCUT2D eigenvalue weighted by Crippen LogP contribution is -2.51. The second kappa shape index (κ2) is 6.67. The Bertz CT molecular complexity index is 335. The molecule has 0 aromatic carbocycles. The Hall–Kier alpha value is -0.260. The molecular formula is C15H28N2O2S. The molecule has 2 aliphatic heterocycles. The van der Waals surface area contributed by atoms with Gasteiger partial charge in [0.05, 0.1) is 11.0 Å². The van der Waals surface area contributed by atoms with Gasteiger partial charge in [-0.05, 0) is 51.0 Å². The minimum atomic E-state index is -0.358. The fourth-order valence-electron chi connectivity index (χ4n) is 3.11. The van der Waals surface area contributed by atoms with Crippen LogP contribution in [0.25, 0.3) is 0 Å². The van der Waals surface area contributed by atoms with Crippen LogP contribution >= 0.6 is 11.8 Å². The van der Waals surface area contributed by atoms with E-state index in [1.165, 1.54) is 24.3 Å². The highest BCUT2D eigenvalue weighted by atomic mass is 32.2. The number of thioether (sulfide) groups is 1. The van der Waals surface area contributed by atoms with Crippen LogP contribution in [0.4, 0.5) is 0 Å². The van der Waals surface area contributed by atoms with Gasteiger partial charge in [-0.2, -0.15) is 11.8 Å². The van der Waals surface area contributed by atoms with Gasteiger partial charge >= 0.3 is 0 Å². The van der Waals surface area contributed by atoms with E-state index in [4.69, 9.17) is 4.74 Å². The molecular weight excluding hydrogens is 272 g/mol. The number of rotatable bonds is 4. The smallest absolute Gasteiger partial charge is 0.226 e. The van der Waals surface area contributed by atoms with E-state index in [-0.39, 0.29) is 16.9 Å². The Morgan fingerprint density at radius 2 is 2.10 bits per heavy atom. The van der Waals surface area contributed by atoms with Crippen LogP contribution < -0.4 is 10.6 Å². The van der Waals surface area contributed by atoms with Crippen LogP contribution in [0.3, 0.4) is 0 Å². The minimum absolute atomic E-state index is 0.0980. The molecule has 4 nitrogen and oxygen atoms in total. The number of nitrogens with one attached hydrogen (secondary N) is 2. The van der Waals surface area contributed by atoms with Crippen molar-refractivity contribution in [2.24, 2.45) is 5.41 Å². The third-order valence-electron chi connectivity index (χ3n) is 4.57. The summed E-state index contributed by atoms with van der Waals surface area (Å²) in [5.41, 5.74) is -0.249. The van der Waals surface area contributed by atoms with E-state index in [0.717, 1.165) is 26.0 Å². The van der Waals surface area contributed by atoms with Crippen LogP contribution in [0.2, 0.25) is 0 Å². The highest BCUT2D eigenvalue weighted by Crippen LogP contribution is 2.37. The number of carbonyl (C=O) groups is 1. The first-order valence-electron chi connectivity index (χ1n) is 7.65. The maximum absolute atomic E-state index is 11.8.